The third kappa shape index (κ3) is 8.28. The molecule has 4 aromatic rings. The lowest BCUT2D eigenvalue weighted by Gasteiger charge is -2.40. The molecule has 3 aromatic carbocycles. The van der Waals surface area contributed by atoms with E-state index in [1.807, 2.05) is 35.8 Å². The van der Waals surface area contributed by atoms with Gasteiger partial charge < -0.3 is 28.8 Å². The van der Waals surface area contributed by atoms with Crippen LogP contribution in [0.3, 0.4) is 0 Å². The smallest absolute Gasteiger partial charge is 0.416 e. The van der Waals surface area contributed by atoms with E-state index in [0.29, 0.717) is 34.3 Å². The summed E-state index contributed by atoms with van der Waals surface area (Å²) < 4.78 is 24.8. The molecule has 3 aliphatic rings. The SMILES string of the molecule is C=CCOC(=O)[C@@H](NC(=O)[C@@H]1C[C@]2(n3c(C[C@@H](C(=O)OC)N4C(=O)c5ccccc5C4=O)cc4ccccc43)c3ccccc3N(C(=O)OC(C)(C)C)[C@@H]2N1C(=O)OC(C)(C)C)[C@@H](C)CC. The zero-order chi connectivity index (χ0) is 48.0. The number of nitrogens with one attached hydrogen (secondary N) is 1. The Morgan fingerprint density at radius 3 is 2.05 bits per heavy atom. The molecule has 1 saturated heterocycles. The molecule has 1 N–H and O–H groups in total. The van der Waals surface area contributed by atoms with E-state index in [1.165, 1.54) is 35.1 Å². The summed E-state index contributed by atoms with van der Waals surface area (Å²) in [6.45, 7) is 17.4. The fourth-order valence-corrected chi connectivity index (χ4v) is 9.35. The van der Waals surface area contributed by atoms with Crippen LogP contribution >= 0.6 is 0 Å². The first-order chi connectivity index (χ1) is 31.2. The van der Waals surface area contributed by atoms with Crippen LogP contribution in [0.25, 0.3) is 10.9 Å². The quantitative estimate of drug-likeness (QED) is 0.0662. The number of hydrogen-bond donors (Lipinski definition) is 1. The number of aromatic nitrogens is 1. The van der Waals surface area contributed by atoms with Crippen molar-refractivity contribution in [1.82, 2.24) is 19.7 Å². The Morgan fingerprint density at radius 2 is 1.44 bits per heavy atom. The number of ether oxygens (including phenoxy) is 4. The molecule has 0 unspecified atom stereocenters. The highest BCUT2D eigenvalue weighted by Gasteiger charge is 2.68. The third-order valence-corrected chi connectivity index (χ3v) is 12.2. The Bertz CT molecular complexity index is 2590. The van der Waals surface area contributed by atoms with E-state index in [0.717, 1.165) is 4.90 Å². The van der Waals surface area contributed by atoms with Crippen molar-refractivity contribution in [2.24, 2.45) is 5.92 Å². The number of imide groups is 1. The number of likely N-dealkylation sites (tertiary alicyclic amines) is 1. The maximum Gasteiger partial charge on any atom is 0.416 e. The molecule has 0 aliphatic carbocycles. The number of esters is 2. The van der Waals surface area contributed by atoms with Crippen molar-refractivity contribution in [3.05, 3.63) is 114 Å². The normalized spacial score (nSPS) is 20.2. The number of hydrogen-bond acceptors (Lipinski definition) is 11. The lowest BCUT2D eigenvalue weighted by molar-refractivity contribution is -0.148. The fraction of sp³-hybridized carbons (Fsp3) is 0.420. The van der Waals surface area contributed by atoms with Crippen molar-refractivity contribution < 1.29 is 52.5 Å². The van der Waals surface area contributed by atoms with Gasteiger partial charge in [0.25, 0.3) is 11.8 Å². The zero-order valence-electron chi connectivity index (χ0n) is 38.8. The first-order valence-electron chi connectivity index (χ1n) is 22.0. The number of benzene rings is 3. The minimum absolute atomic E-state index is 0.0985. The molecule has 16 nitrogen and oxygen atoms in total. The third-order valence-electron chi connectivity index (χ3n) is 12.2. The van der Waals surface area contributed by atoms with Gasteiger partial charge in [0.2, 0.25) is 5.91 Å². The number of methoxy groups -OCH3 is 1. The molecule has 0 bridgehead atoms. The summed E-state index contributed by atoms with van der Waals surface area (Å²) in [6, 6.07) is 18.4. The average molecular weight is 904 g/mol. The van der Waals surface area contributed by atoms with Crippen molar-refractivity contribution in [1.29, 1.82) is 0 Å². The van der Waals surface area contributed by atoms with Gasteiger partial charge in [-0.1, -0.05) is 81.5 Å². The van der Waals surface area contributed by atoms with Crippen molar-refractivity contribution in [3.63, 3.8) is 0 Å². The molecular weight excluding hydrogens is 847 g/mol. The number of carbonyl (C=O) groups excluding carboxylic acids is 7. The molecule has 0 spiro atoms. The van der Waals surface area contributed by atoms with E-state index >= 15 is 9.59 Å². The second-order valence-electron chi connectivity index (χ2n) is 18.9. The van der Waals surface area contributed by atoms with Gasteiger partial charge in [0, 0.05) is 29.6 Å². The second kappa shape index (κ2) is 17.8. The molecule has 66 heavy (non-hydrogen) atoms. The predicted octanol–water partition coefficient (Wildman–Crippen LogP) is 7.12. The number of para-hydroxylation sites is 2. The summed E-state index contributed by atoms with van der Waals surface area (Å²) in [5.74, 6) is -4.06. The van der Waals surface area contributed by atoms with Gasteiger partial charge >= 0.3 is 24.1 Å². The molecular formula is C50H57N5O11. The van der Waals surface area contributed by atoms with Crippen LogP contribution in [0.1, 0.15) is 100 Å². The van der Waals surface area contributed by atoms with E-state index in [4.69, 9.17) is 18.9 Å². The van der Waals surface area contributed by atoms with E-state index in [1.54, 1.807) is 90.9 Å². The molecule has 1 fully saturated rings. The average Bonchev–Trinajstić information content (AvgIpc) is 3.96. The van der Waals surface area contributed by atoms with Crippen LogP contribution in [0.4, 0.5) is 15.3 Å². The molecule has 348 valence electrons. The lowest BCUT2D eigenvalue weighted by Crippen LogP contribution is -2.60. The molecule has 1 aromatic heterocycles. The summed E-state index contributed by atoms with van der Waals surface area (Å²) in [7, 11) is 1.17. The molecule has 7 rings (SSSR count). The van der Waals surface area contributed by atoms with Crippen LogP contribution in [0.2, 0.25) is 0 Å². The first-order valence-corrected chi connectivity index (χ1v) is 22.0. The topological polar surface area (TPSA) is 183 Å². The lowest BCUT2D eigenvalue weighted by atomic mass is 9.85. The van der Waals surface area contributed by atoms with E-state index in [9.17, 15) is 24.0 Å². The summed E-state index contributed by atoms with van der Waals surface area (Å²) in [4.78, 5) is 104. The van der Waals surface area contributed by atoms with E-state index < -0.39 is 88.8 Å². The van der Waals surface area contributed by atoms with Gasteiger partial charge in [0.15, 0.2) is 0 Å². The van der Waals surface area contributed by atoms with E-state index in [-0.39, 0.29) is 30.6 Å². The van der Waals surface area contributed by atoms with Gasteiger partial charge in [-0.2, -0.15) is 0 Å². The second-order valence-corrected chi connectivity index (χ2v) is 18.9. The Balaban J connectivity index is 1.50. The predicted molar refractivity (Wildman–Crippen MR) is 243 cm³/mol. The number of rotatable bonds is 12. The van der Waals surface area contributed by atoms with Crippen LogP contribution in [-0.2, 0) is 45.3 Å². The summed E-state index contributed by atoms with van der Waals surface area (Å²) in [5, 5.41) is 3.57. The van der Waals surface area contributed by atoms with Crippen LogP contribution in [0.15, 0.2) is 91.5 Å². The number of anilines is 1. The monoisotopic (exact) mass is 903 g/mol. The zero-order valence-corrected chi connectivity index (χ0v) is 38.8. The Kier molecular flexibility index (Phi) is 12.7. The van der Waals surface area contributed by atoms with Crippen LogP contribution in [-0.4, -0.2) is 105 Å². The molecule has 4 heterocycles. The first kappa shape index (κ1) is 47.0. The minimum Gasteiger partial charge on any atom is -0.467 e. The summed E-state index contributed by atoms with van der Waals surface area (Å²) in [5.41, 5.74) is -1.61. The van der Waals surface area contributed by atoms with Crippen molar-refractivity contribution in [3.8, 4) is 0 Å². The minimum atomic E-state index is -1.59. The van der Waals surface area contributed by atoms with Crippen LogP contribution in [0.5, 0.6) is 0 Å². The maximum absolute atomic E-state index is 15.2. The highest BCUT2D eigenvalue weighted by atomic mass is 16.6. The molecule has 0 saturated carbocycles. The maximum atomic E-state index is 15.2. The van der Waals surface area contributed by atoms with E-state index in [2.05, 4.69) is 11.9 Å². The summed E-state index contributed by atoms with van der Waals surface area (Å²) in [6.07, 6.45) is -1.79. The van der Waals surface area contributed by atoms with Gasteiger partial charge in [-0.3, -0.25) is 29.1 Å². The van der Waals surface area contributed by atoms with Gasteiger partial charge in [-0.15, -0.1) is 0 Å². The Hall–Kier alpha value is -6.97. The number of carbonyl (C=O) groups is 7. The van der Waals surface area contributed by atoms with Gasteiger partial charge in [0.1, 0.15) is 47.6 Å². The van der Waals surface area contributed by atoms with Gasteiger partial charge in [-0.05, 0) is 83.2 Å². The largest absolute Gasteiger partial charge is 0.467 e. The Labute approximate surface area is 383 Å². The summed E-state index contributed by atoms with van der Waals surface area (Å²) >= 11 is 0. The van der Waals surface area contributed by atoms with Gasteiger partial charge in [0.05, 0.1) is 23.9 Å². The molecule has 6 atom stereocenters. The molecule has 5 amide bonds. The van der Waals surface area contributed by atoms with Gasteiger partial charge in [-0.25, -0.2) is 19.2 Å². The van der Waals surface area contributed by atoms with Crippen LogP contribution in [0, 0.1) is 5.92 Å². The highest BCUT2D eigenvalue weighted by molar-refractivity contribution is 6.22. The van der Waals surface area contributed by atoms with Crippen molar-refractivity contribution in [2.45, 2.75) is 116 Å². The molecule has 0 radical (unpaired) electrons. The van der Waals surface area contributed by atoms with Crippen molar-refractivity contribution >= 4 is 58.4 Å². The highest BCUT2D eigenvalue weighted by Crippen LogP contribution is 2.57. The molecule has 3 aliphatic heterocycles. The number of nitrogens with zero attached hydrogens (tertiary/aromatic N) is 4. The number of fused-ring (bicyclic) bond motifs is 5. The van der Waals surface area contributed by atoms with Crippen molar-refractivity contribution in [2.75, 3.05) is 18.6 Å². The Morgan fingerprint density at radius 1 is 0.848 bits per heavy atom. The fourth-order valence-electron chi connectivity index (χ4n) is 9.35. The van der Waals surface area contributed by atoms with Crippen LogP contribution < -0.4 is 10.2 Å². The molecule has 16 heteroatoms. The number of amides is 5. The standard InChI is InChI=1S/C50H57N5O11/c1-11-25-64-44(60)39(29(3)12-2)51-40(56)38-28-50(34-22-16-18-24-36(34)53(46(61)65-48(4,5)6)45(50)54(38)47(62)66-49(7,8)9)55-31(26-30-19-13-17-23-35(30)55)27-37(43(59)63-10)52-41(57)32-20-14-15-21-33(32)42(52)58/h11,13-24,26,29,37-39,45H,1,12,25,27-28H2,2-10H3,(H,51,56)/t29-,37-,38-,39-,45+,50-/m0/s1.